The van der Waals surface area contributed by atoms with E-state index in [0.29, 0.717) is 17.9 Å². The highest BCUT2D eigenvalue weighted by Gasteiger charge is 2.54. The SMILES string of the molecule is Nc1nc(/C(=N/O)C(=O)N[C@@H]2C(=O)N3C(C(=O)O)=C(/C=C/C4CCCO4)CS[C@@H]23)cs1. The fourth-order valence-electron chi connectivity index (χ4n) is 3.57. The number of aliphatic carboxylic acids is 1. The predicted octanol–water partition coefficient (Wildman–Crippen LogP) is 0.377. The lowest BCUT2D eigenvalue weighted by Gasteiger charge is -2.49. The van der Waals surface area contributed by atoms with Gasteiger partial charge in [0.15, 0.2) is 10.8 Å². The van der Waals surface area contributed by atoms with Crippen LogP contribution in [0.15, 0.2) is 34.0 Å². The Morgan fingerprint density at radius 3 is 2.87 bits per heavy atom. The Morgan fingerprint density at radius 1 is 1.45 bits per heavy atom. The summed E-state index contributed by atoms with van der Waals surface area (Å²) >= 11 is 2.41. The summed E-state index contributed by atoms with van der Waals surface area (Å²) in [5, 5.41) is 25.4. The van der Waals surface area contributed by atoms with Crippen LogP contribution in [-0.4, -0.2) is 73.6 Å². The van der Waals surface area contributed by atoms with E-state index < -0.39 is 29.2 Å². The summed E-state index contributed by atoms with van der Waals surface area (Å²) in [7, 11) is 0. The van der Waals surface area contributed by atoms with Gasteiger partial charge in [-0.3, -0.25) is 14.5 Å². The number of ether oxygens (including phenoxy) is 1. The number of rotatable bonds is 6. The quantitative estimate of drug-likeness (QED) is 0.201. The minimum Gasteiger partial charge on any atom is -0.477 e. The molecule has 4 rings (SSSR count). The van der Waals surface area contributed by atoms with E-state index >= 15 is 0 Å². The molecule has 0 saturated carbocycles. The topological polar surface area (TPSA) is 167 Å². The normalized spacial score (nSPS) is 26.2. The number of nitrogens with one attached hydrogen (secondary N) is 1. The van der Waals surface area contributed by atoms with E-state index in [9.17, 15) is 24.7 Å². The van der Waals surface area contributed by atoms with Gasteiger partial charge in [-0.05, 0) is 18.4 Å². The average molecular weight is 466 g/mol. The molecule has 1 aromatic rings. The van der Waals surface area contributed by atoms with E-state index in [1.165, 1.54) is 22.0 Å². The summed E-state index contributed by atoms with van der Waals surface area (Å²) in [5.74, 6) is -2.22. The number of nitrogens with two attached hydrogens (primary N) is 1. The zero-order valence-corrected chi connectivity index (χ0v) is 17.7. The van der Waals surface area contributed by atoms with Gasteiger partial charge in [-0.15, -0.1) is 23.1 Å². The molecule has 11 nitrogen and oxygen atoms in total. The minimum absolute atomic E-state index is 0.0552. The highest BCUT2D eigenvalue weighted by molar-refractivity contribution is 8.00. The van der Waals surface area contributed by atoms with Crippen LogP contribution in [0.25, 0.3) is 0 Å². The molecule has 0 spiro atoms. The second-order valence-electron chi connectivity index (χ2n) is 6.97. The number of hydrogen-bond donors (Lipinski definition) is 4. The second kappa shape index (κ2) is 8.69. The van der Waals surface area contributed by atoms with Crippen LogP contribution in [0.3, 0.4) is 0 Å². The number of nitrogens with zero attached hydrogens (tertiary/aromatic N) is 3. The van der Waals surface area contributed by atoms with Gasteiger partial charge in [0.1, 0.15) is 22.8 Å². The van der Waals surface area contributed by atoms with E-state index in [1.807, 2.05) is 6.08 Å². The van der Waals surface area contributed by atoms with E-state index in [2.05, 4.69) is 15.5 Å². The van der Waals surface area contributed by atoms with Gasteiger partial charge in [0.25, 0.3) is 11.8 Å². The van der Waals surface area contributed by atoms with Crippen molar-refractivity contribution < 1.29 is 29.4 Å². The number of nitrogen functional groups attached to an aromatic ring is 1. The number of thiazole rings is 1. The smallest absolute Gasteiger partial charge is 0.352 e. The summed E-state index contributed by atoms with van der Waals surface area (Å²) in [6.45, 7) is 0.676. The number of aromatic nitrogens is 1. The lowest BCUT2D eigenvalue weighted by Crippen LogP contribution is -2.71. The third-order valence-electron chi connectivity index (χ3n) is 5.04. The molecule has 4 heterocycles. The van der Waals surface area contributed by atoms with Crippen molar-refractivity contribution in [3.8, 4) is 0 Å². The van der Waals surface area contributed by atoms with Crippen LogP contribution in [-0.2, 0) is 19.1 Å². The lowest BCUT2D eigenvalue weighted by molar-refractivity contribution is -0.150. The molecular weight excluding hydrogens is 446 g/mol. The molecule has 2 amide bonds. The number of fused-ring (bicyclic) bond motifs is 1. The Morgan fingerprint density at radius 2 is 2.26 bits per heavy atom. The van der Waals surface area contributed by atoms with Crippen LogP contribution in [0.2, 0.25) is 0 Å². The van der Waals surface area contributed by atoms with E-state index in [1.54, 1.807) is 6.08 Å². The molecule has 13 heteroatoms. The molecule has 2 fully saturated rings. The molecule has 0 aliphatic carbocycles. The third kappa shape index (κ3) is 4.03. The van der Waals surface area contributed by atoms with Crippen molar-refractivity contribution in [2.45, 2.75) is 30.4 Å². The highest BCUT2D eigenvalue weighted by Crippen LogP contribution is 2.40. The Bertz CT molecular complexity index is 1010. The number of amides is 2. The van der Waals surface area contributed by atoms with E-state index in [-0.39, 0.29) is 28.3 Å². The number of carboxylic acid groups (broad SMARTS) is 1. The number of oxime groups is 1. The maximum Gasteiger partial charge on any atom is 0.352 e. The van der Waals surface area contributed by atoms with Crippen molar-refractivity contribution in [3.05, 3.63) is 34.5 Å². The maximum absolute atomic E-state index is 12.7. The first-order valence-electron chi connectivity index (χ1n) is 9.36. The zero-order chi connectivity index (χ0) is 22.1. The largest absolute Gasteiger partial charge is 0.477 e. The van der Waals surface area contributed by atoms with E-state index in [4.69, 9.17) is 10.5 Å². The molecule has 164 valence electrons. The first-order chi connectivity index (χ1) is 14.9. The van der Waals surface area contributed by atoms with Gasteiger partial charge in [-0.25, -0.2) is 9.78 Å². The van der Waals surface area contributed by atoms with Crippen molar-refractivity contribution >= 4 is 51.7 Å². The number of carbonyl (C=O) groups is 3. The summed E-state index contributed by atoms with van der Waals surface area (Å²) in [5.41, 5.74) is 5.65. The summed E-state index contributed by atoms with van der Waals surface area (Å²) in [4.78, 5) is 42.2. The zero-order valence-electron chi connectivity index (χ0n) is 16.1. The second-order valence-corrected chi connectivity index (χ2v) is 8.96. The Labute approximate surface area is 184 Å². The molecule has 3 aliphatic rings. The number of hydrogen-bond acceptors (Lipinski definition) is 10. The average Bonchev–Trinajstić information content (AvgIpc) is 3.42. The van der Waals surface area contributed by atoms with Gasteiger partial charge in [-0.1, -0.05) is 17.3 Å². The van der Waals surface area contributed by atoms with E-state index in [0.717, 1.165) is 24.2 Å². The molecule has 1 aromatic heterocycles. The van der Waals surface area contributed by atoms with Gasteiger partial charge in [0.2, 0.25) is 0 Å². The van der Waals surface area contributed by atoms with Gasteiger partial charge >= 0.3 is 5.97 Å². The van der Waals surface area contributed by atoms with Crippen molar-refractivity contribution in [3.63, 3.8) is 0 Å². The Balaban J connectivity index is 1.49. The molecule has 5 N–H and O–H groups in total. The molecule has 0 bridgehead atoms. The van der Waals surface area contributed by atoms with Crippen molar-refractivity contribution in [1.29, 1.82) is 0 Å². The first kappa shape index (κ1) is 21.3. The molecule has 31 heavy (non-hydrogen) atoms. The van der Waals surface area contributed by atoms with Crippen molar-refractivity contribution in [2.24, 2.45) is 5.16 Å². The van der Waals surface area contributed by atoms with Gasteiger partial charge < -0.3 is 26.1 Å². The number of β-lactam (4-membered cyclic amide) rings is 1. The molecule has 1 unspecified atom stereocenters. The fraction of sp³-hybridized carbons (Fsp3) is 0.389. The number of carboxylic acids is 1. The fourth-order valence-corrected chi connectivity index (χ4v) is 5.43. The summed E-state index contributed by atoms with van der Waals surface area (Å²) in [6, 6.07) is -0.955. The van der Waals surface area contributed by atoms with Crippen LogP contribution < -0.4 is 11.1 Å². The first-order valence-corrected chi connectivity index (χ1v) is 11.3. The number of anilines is 1. The van der Waals surface area contributed by atoms with Crippen LogP contribution in [0.1, 0.15) is 18.5 Å². The molecular formula is C18H19N5O6S2. The van der Waals surface area contributed by atoms with Gasteiger partial charge in [0.05, 0.1) is 6.10 Å². The molecule has 0 radical (unpaired) electrons. The van der Waals surface area contributed by atoms with Crippen LogP contribution >= 0.6 is 23.1 Å². The monoisotopic (exact) mass is 465 g/mol. The molecule has 2 saturated heterocycles. The predicted molar refractivity (Wildman–Crippen MR) is 113 cm³/mol. The molecule has 3 atom stereocenters. The van der Waals surface area contributed by atoms with Crippen molar-refractivity contribution in [1.82, 2.24) is 15.2 Å². The minimum atomic E-state index is -1.22. The number of carbonyl (C=O) groups excluding carboxylic acids is 2. The lowest BCUT2D eigenvalue weighted by atomic mass is 10.0. The van der Waals surface area contributed by atoms with Gasteiger partial charge in [0, 0.05) is 17.7 Å². The van der Waals surface area contributed by atoms with Crippen LogP contribution in [0.4, 0.5) is 5.13 Å². The van der Waals surface area contributed by atoms with Gasteiger partial charge in [-0.2, -0.15) is 0 Å². The maximum atomic E-state index is 12.7. The van der Waals surface area contributed by atoms with Crippen LogP contribution in [0.5, 0.6) is 0 Å². The number of thioether (sulfide) groups is 1. The Hall–Kier alpha value is -2.90. The summed E-state index contributed by atoms with van der Waals surface area (Å²) < 4.78 is 5.52. The van der Waals surface area contributed by atoms with Crippen LogP contribution in [0, 0.1) is 0 Å². The standard InChI is InChI=1S/C18H19N5O6S2/c19-18-20-10(7-31-18)11(22-28)14(24)21-12-15(25)23-13(17(26)27)8(6-30-16(12)23)3-4-9-2-1-5-29-9/h3-4,7,9,12,16,28H,1-2,5-6H2,(H2,19,20)(H,21,24)(H,26,27)/b4-3+,22-11-/t9?,12-,16+/m1/s1. The summed E-state index contributed by atoms with van der Waals surface area (Å²) in [6.07, 6.45) is 5.29. The molecule has 0 aromatic carbocycles. The highest BCUT2D eigenvalue weighted by atomic mass is 32.2. The Kier molecular flexibility index (Phi) is 5.98. The van der Waals surface area contributed by atoms with Crippen molar-refractivity contribution in [2.75, 3.05) is 18.1 Å². The molecule has 3 aliphatic heterocycles. The third-order valence-corrected chi connectivity index (χ3v) is 7.02. The number of allylic oxidation sites excluding steroid dienone is 1.